The maximum absolute atomic E-state index is 13.0. The molecule has 3 aromatic carbocycles. The van der Waals surface area contributed by atoms with E-state index in [1.807, 2.05) is 24.3 Å². The Morgan fingerprint density at radius 3 is 2.44 bits per heavy atom. The van der Waals surface area contributed by atoms with Crippen LogP contribution in [0, 0.1) is 5.82 Å². The van der Waals surface area contributed by atoms with Gasteiger partial charge in [-0.25, -0.2) is 4.39 Å². The predicted octanol–water partition coefficient (Wildman–Crippen LogP) is 4.92. The van der Waals surface area contributed by atoms with Crippen LogP contribution in [0.4, 0.5) is 4.39 Å². The van der Waals surface area contributed by atoms with Gasteiger partial charge >= 0.3 is 0 Å². The molecule has 5 rings (SSSR count). The fraction of sp³-hybridized carbons (Fsp3) is 0.222. The van der Waals surface area contributed by atoms with Gasteiger partial charge in [-0.2, -0.15) is 4.98 Å². The lowest BCUT2D eigenvalue weighted by molar-refractivity contribution is -0.135. The van der Waals surface area contributed by atoms with Gasteiger partial charge in [-0.15, -0.1) is 0 Å². The van der Waals surface area contributed by atoms with Crippen molar-refractivity contribution in [1.29, 1.82) is 0 Å². The van der Waals surface area contributed by atoms with Crippen LogP contribution in [-0.2, 0) is 11.3 Å². The number of aromatic nitrogens is 2. The van der Waals surface area contributed by atoms with E-state index in [4.69, 9.17) is 20.9 Å². The second kappa shape index (κ2) is 10.9. The van der Waals surface area contributed by atoms with Gasteiger partial charge in [-0.1, -0.05) is 47.1 Å². The first-order valence-corrected chi connectivity index (χ1v) is 12.0. The van der Waals surface area contributed by atoms with Crippen molar-refractivity contribution in [2.45, 2.75) is 6.54 Å². The summed E-state index contributed by atoms with van der Waals surface area (Å²) in [4.78, 5) is 21.1. The highest BCUT2D eigenvalue weighted by Crippen LogP contribution is 2.25. The van der Waals surface area contributed by atoms with Gasteiger partial charge in [0.2, 0.25) is 5.82 Å². The zero-order valence-electron chi connectivity index (χ0n) is 19.4. The average molecular weight is 507 g/mol. The molecule has 36 heavy (non-hydrogen) atoms. The van der Waals surface area contributed by atoms with Gasteiger partial charge in [0.25, 0.3) is 11.8 Å². The highest BCUT2D eigenvalue weighted by atomic mass is 35.5. The van der Waals surface area contributed by atoms with Crippen molar-refractivity contribution in [2.24, 2.45) is 0 Å². The van der Waals surface area contributed by atoms with E-state index in [-0.39, 0.29) is 18.3 Å². The molecule has 2 heterocycles. The smallest absolute Gasteiger partial charge is 0.260 e. The Labute approximate surface area is 213 Å². The minimum absolute atomic E-state index is 0.0534. The van der Waals surface area contributed by atoms with Gasteiger partial charge in [0.1, 0.15) is 11.6 Å². The van der Waals surface area contributed by atoms with Gasteiger partial charge in [-0.3, -0.25) is 9.69 Å². The van der Waals surface area contributed by atoms with Gasteiger partial charge in [0, 0.05) is 48.9 Å². The van der Waals surface area contributed by atoms with Crippen LogP contribution in [0.5, 0.6) is 5.75 Å². The molecule has 0 saturated carbocycles. The molecule has 0 aliphatic carbocycles. The normalized spacial score (nSPS) is 14.1. The van der Waals surface area contributed by atoms with Crippen molar-refractivity contribution in [2.75, 3.05) is 32.8 Å². The third-order valence-corrected chi connectivity index (χ3v) is 6.25. The Kier molecular flexibility index (Phi) is 7.25. The molecule has 1 aromatic heterocycles. The molecule has 1 amide bonds. The Balaban J connectivity index is 1.11. The first kappa shape index (κ1) is 24.0. The van der Waals surface area contributed by atoms with Crippen LogP contribution in [0.15, 0.2) is 77.3 Å². The van der Waals surface area contributed by atoms with E-state index >= 15 is 0 Å². The highest BCUT2D eigenvalue weighted by molar-refractivity contribution is 6.30. The molecule has 1 fully saturated rings. The number of carbonyl (C=O) groups is 1. The Morgan fingerprint density at radius 1 is 0.972 bits per heavy atom. The molecule has 7 nitrogen and oxygen atoms in total. The van der Waals surface area contributed by atoms with E-state index in [0.29, 0.717) is 35.6 Å². The van der Waals surface area contributed by atoms with E-state index < -0.39 is 0 Å². The first-order chi connectivity index (χ1) is 17.5. The summed E-state index contributed by atoms with van der Waals surface area (Å²) in [7, 11) is 0. The fourth-order valence-corrected chi connectivity index (χ4v) is 4.21. The summed E-state index contributed by atoms with van der Waals surface area (Å²) >= 11 is 6.05. The Bertz CT molecular complexity index is 1320. The van der Waals surface area contributed by atoms with Crippen molar-refractivity contribution < 1.29 is 18.4 Å². The molecule has 9 heteroatoms. The molecule has 0 radical (unpaired) electrons. The fourth-order valence-electron chi connectivity index (χ4n) is 4.02. The summed E-state index contributed by atoms with van der Waals surface area (Å²) < 4.78 is 23.9. The largest absolute Gasteiger partial charge is 0.484 e. The van der Waals surface area contributed by atoms with Gasteiger partial charge in [0.15, 0.2) is 6.61 Å². The van der Waals surface area contributed by atoms with Crippen LogP contribution in [0.3, 0.4) is 0 Å². The number of hydrogen-bond donors (Lipinski definition) is 0. The standard InChI is InChI=1S/C27H24ClFN4O3/c28-22-3-1-2-21(16-22)27-30-26(31-36-27)20-6-4-19(5-7-20)17-32-12-14-33(15-13-32)25(34)18-35-24-10-8-23(29)9-11-24/h1-11,16H,12-15,17-18H2. The lowest BCUT2D eigenvalue weighted by atomic mass is 10.1. The maximum atomic E-state index is 13.0. The van der Waals surface area contributed by atoms with Crippen molar-refractivity contribution >= 4 is 17.5 Å². The number of ether oxygens (including phenoxy) is 1. The van der Waals surface area contributed by atoms with Crippen molar-refractivity contribution in [3.8, 4) is 28.6 Å². The Hall–Kier alpha value is -3.75. The number of halogens is 2. The topological polar surface area (TPSA) is 71.7 Å². The van der Waals surface area contributed by atoms with Crippen molar-refractivity contribution in [1.82, 2.24) is 19.9 Å². The van der Waals surface area contributed by atoms with E-state index in [2.05, 4.69) is 27.2 Å². The van der Waals surface area contributed by atoms with Crippen LogP contribution in [0.1, 0.15) is 5.56 Å². The molecular formula is C27H24ClFN4O3. The van der Waals surface area contributed by atoms with Crippen LogP contribution < -0.4 is 4.74 Å². The number of rotatable bonds is 7. The minimum Gasteiger partial charge on any atom is -0.484 e. The van der Waals surface area contributed by atoms with Crippen molar-refractivity contribution in [3.05, 3.63) is 89.2 Å². The molecule has 0 spiro atoms. The van der Waals surface area contributed by atoms with Crippen LogP contribution in [0.2, 0.25) is 5.02 Å². The molecule has 0 unspecified atom stereocenters. The monoisotopic (exact) mass is 506 g/mol. The second-order valence-electron chi connectivity index (χ2n) is 8.53. The van der Waals surface area contributed by atoms with Gasteiger partial charge in [0.05, 0.1) is 0 Å². The van der Waals surface area contributed by atoms with Crippen molar-refractivity contribution in [3.63, 3.8) is 0 Å². The molecule has 0 atom stereocenters. The first-order valence-electron chi connectivity index (χ1n) is 11.6. The minimum atomic E-state index is -0.336. The van der Waals surface area contributed by atoms with Crippen LogP contribution in [0.25, 0.3) is 22.8 Å². The summed E-state index contributed by atoms with van der Waals surface area (Å²) in [6, 6.07) is 21.0. The molecule has 1 aliphatic heterocycles. The van der Waals surface area contributed by atoms with Crippen LogP contribution in [-0.4, -0.2) is 58.6 Å². The number of piperazine rings is 1. The zero-order chi connectivity index (χ0) is 24.9. The number of benzene rings is 3. The molecular weight excluding hydrogens is 483 g/mol. The molecule has 1 saturated heterocycles. The van der Waals surface area contributed by atoms with Gasteiger partial charge < -0.3 is 14.2 Å². The van der Waals surface area contributed by atoms with E-state index in [0.717, 1.165) is 36.3 Å². The third kappa shape index (κ3) is 5.90. The highest BCUT2D eigenvalue weighted by Gasteiger charge is 2.21. The summed E-state index contributed by atoms with van der Waals surface area (Å²) in [5.41, 5.74) is 2.81. The lowest BCUT2D eigenvalue weighted by Crippen LogP contribution is -2.49. The molecule has 0 bridgehead atoms. The maximum Gasteiger partial charge on any atom is 0.260 e. The SMILES string of the molecule is O=C(COc1ccc(F)cc1)N1CCN(Cc2ccc(-c3noc(-c4cccc(Cl)c4)n3)cc2)CC1. The molecule has 1 aliphatic rings. The van der Waals surface area contributed by atoms with Crippen LogP contribution >= 0.6 is 11.6 Å². The average Bonchev–Trinajstić information content (AvgIpc) is 3.40. The second-order valence-corrected chi connectivity index (χ2v) is 8.97. The van der Waals surface area contributed by atoms with E-state index in [1.165, 1.54) is 24.3 Å². The summed E-state index contributed by atoms with van der Waals surface area (Å²) in [5, 5.41) is 4.71. The quantitative estimate of drug-likeness (QED) is 0.354. The third-order valence-electron chi connectivity index (χ3n) is 6.02. The molecule has 0 N–H and O–H groups in total. The van der Waals surface area contributed by atoms with Gasteiger partial charge in [-0.05, 0) is 48.0 Å². The molecule has 184 valence electrons. The molecule has 4 aromatic rings. The summed E-state index contributed by atoms with van der Waals surface area (Å²) in [6.45, 7) is 3.56. The number of hydrogen-bond acceptors (Lipinski definition) is 6. The predicted molar refractivity (Wildman–Crippen MR) is 134 cm³/mol. The zero-order valence-corrected chi connectivity index (χ0v) is 20.2. The summed E-state index contributed by atoms with van der Waals surface area (Å²) in [5.74, 6) is 1.02. The van der Waals surface area contributed by atoms with E-state index in [9.17, 15) is 9.18 Å². The number of nitrogens with zero attached hydrogens (tertiary/aromatic N) is 4. The number of amides is 1. The number of carbonyl (C=O) groups excluding carboxylic acids is 1. The summed E-state index contributed by atoms with van der Waals surface area (Å²) in [6.07, 6.45) is 0. The van der Waals surface area contributed by atoms with E-state index in [1.54, 1.807) is 17.0 Å². The lowest BCUT2D eigenvalue weighted by Gasteiger charge is -2.34. The Morgan fingerprint density at radius 2 is 1.72 bits per heavy atom.